The molecule has 6 nitrogen and oxygen atoms in total. The summed E-state index contributed by atoms with van der Waals surface area (Å²) in [6.45, 7) is 3.38. The van der Waals surface area contributed by atoms with Crippen LogP contribution in [0.15, 0.2) is 18.2 Å². The lowest BCUT2D eigenvalue weighted by molar-refractivity contribution is -0.146. The first-order valence-corrected chi connectivity index (χ1v) is 6.56. The van der Waals surface area contributed by atoms with Crippen molar-refractivity contribution in [1.82, 2.24) is 0 Å². The molecular weight excluding hydrogens is 276 g/mol. The molecule has 0 spiro atoms. The highest BCUT2D eigenvalue weighted by atomic mass is 16.6. The van der Waals surface area contributed by atoms with Gasteiger partial charge in [0.1, 0.15) is 0 Å². The molecule has 1 unspecified atom stereocenters. The molecule has 1 rings (SSSR count). The van der Waals surface area contributed by atoms with Gasteiger partial charge in [0.15, 0.2) is 11.5 Å². The summed E-state index contributed by atoms with van der Waals surface area (Å²) in [7, 11) is 2.98. The summed E-state index contributed by atoms with van der Waals surface area (Å²) < 4.78 is 20.4. The third-order valence-corrected chi connectivity index (χ3v) is 2.76. The normalized spacial score (nSPS) is 11.6. The SMILES string of the molecule is CCOC(=O)CC(OC)c1ccc(OC(C)=O)c(OC)c1. The van der Waals surface area contributed by atoms with Crippen LogP contribution in [-0.2, 0) is 19.1 Å². The Morgan fingerprint density at radius 1 is 1.19 bits per heavy atom. The van der Waals surface area contributed by atoms with E-state index in [0.717, 1.165) is 5.56 Å². The Morgan fingerprint density at radius 3 is 2.43 bits per heavy atom. The van der Waals surface area contributed by atoms with Gasteiger partial charge in [0.25, 0.3) is 0 Å². The zero-order chi connectivity index (χ0) is 15.8. The molecule has 0 bridgehead atoms. The highest BCUT2D eigenvalue weighted by Crippen LogP contribution is 2.32. The van der Waals surface area contributed by atoms with Crippen LogP contribution in [0.2, 0.25) is 0 Å². The molecule has 0 aliphatic rings. The molecule has 0 aliphatic heterocycles. The Hall–Kier alpha value is -2.08. The predicted octanol–water partition coefficient (Wildman–Crippen LogP) is 2.26. The summed E-state index contributed by atoms with van der Waals surface area (Å²) in [6, 6.07) is 4.99. The molecule has 0 saturated heterocycles. The number of carbonyl (C=O) groups is 2. The highest BCUT2D eigenvalue weighted by molar-refractivity contribution is 5.71. The number of methoxy groups -OCH3 is 2. The standard InChI is InChI=1S/C15H20O6/c1-5-20-15(17)9-13(18-3)11-6-7-12(21-10(2)16)14(8-11)19-4/h6-8,13H,5,9H2,1-4H3. The van der Waals surface area contributed by atoms with Crippen LogP contribution in [0.4, 0.5) is 0 Å². The number of ether oxygens (including phenoxy) is 4. The molecule has 116 valence electrons. The summed E-state index contributed by atoms with van der Waals surface area (Å²) in [5.41, 5.74) is 0.735. The Bertz CT molecular complexity index is 497. The average molecular weight is 296 g/mol. The van der Waals surface area contributed by atoms with Crippen molar-refractivity contribution in [2.45, 2.75) is 26.4 Å². The summed E-state index contributed by atoms with van der Waals surface area (Å²) >= 11 is 0. The highest BCUT2D eigenvalue weighted by Gasteiger charge is 2.18. The lowest BCUT2D eigenvalue weighted by Gasteiger charge is -2.17. The molecule has 0 saturated carbocycles. The van der Waals surface area contributed by atoms with Crippen molar-refractivity contribution in [3.63, 3.8) is 0 Å². The van der Waals surface area contributed by atoms with Gasteiger partial charge < -0.3 is 18.9 Å². The van der Waals surface area contributed by atoms with E-state index in [-0.39, 0.29) is 12.4 Å². The molecule has 1 aromatic carbocycles. The zero-order valence-electron chi connectivity index (χ0n) is 12.7. The molecule has 0 heterocycles. The fraction of sp³-hybridized carbons (Fsp3) is 0.467. The average Bonchev–Trinajstić information content (AvgIpc) is 2.45. The van der Waals surface area contributed by atoms with Crippen molar-refractivity contribution < 1.29 is 28.5 Å². The van der Waals surface area contributed by atoms with E-state index in [2.05, 4.69) is 0 Å². The van der Waals surface area contributed by atoms with E-state index >= 15 is 0 Å². The monoisotopic (exact) mass is 296 g/mol. The van der Waals surface area contributed by atoms with Gasteiger partial charge in [-0.3, -0.25) is 9.59 Å². The molecule has 21 heavy (non-hydrogen) atoms. The quantitative estimate of drug-likeness (QED) is 0.568. The summed E-state index contributed by atoms with van der Waals surface area (Å²) in [6.07, 6.45) is -0.357. The van der Waals surface area contributed by atoms with Crippen LogP contribution >= 0.6 is 0 Å². The van der Waals surface area contributed by atoms with Gasteiger partial charge in [-0.1, -0.05) is 6.07 Å². The van der Waals surface area contributed by atoms with E-state index in [9.17, 15) is 9.59 Å². The first-order valence-electron chi connectivity index (χ1n) is 6.56. The molecule has 0 aliphatic carbocycles. The van der Waals surface area contributed by atoms with E-state index in [1.165, 1.54) is 21.1 Å². The Labute approximate surface area is 123 Å². The van der Waals surface area contributed by atoms with Gasteiger partial charge in [0.05, 0.1) is 26.2 Å². The van der Waals surface area contributed by atoms with Gasteiger partial charge in [-0.25, -0.2) is 0 Å². The summed E-state index contributed by atoms with van der Waals surface area (Å²) in [5.74, 6) is -0.0587. The van der Waals surface area contributed by atoms with Crippen LogP contribution in [-0.4, -0.2) is 32.8 Å². The third-order valence-electron chi connectivity index (χ3n) is 2.76. The lowest BCUT2D eigenvalue weighted by Crippen LogP contribution is -2.12. The van der Waals surface area contributed by atoms with Crippen LogP contribution in [0.3, 0.4) is 0 Å². The second-order valence-corrected chi connectivity index (χ2v) is 4.24. The molecular formula is C15H20O6. The zero-order valence-corrected chi connectivity index (χ0v) is 12.7. The van der Waals surface area contributed by atoms with Gasteiger partial charge in [-0.15, -0.1) is 0 Å². The van der Waals surface area contributed by atoms with Gasteiger partial charge in [0.2, 0.25) is 0 Å². The first-order chi connectivity index (χ1) is 10.0. The molecule has 0 fully saturated rings. The molecule has 0 aromatic heterocycles. The summed E-state index contributed by atoms with van der Waals surface area (Å²) in [4.78, 5) is 22.6. The largest absolute Gasteiger partial charge is 0.493 e. The van der Waals surface area contributed by atoms with Crippen molar-refractivity contribution in [3.05, 3.63) is 23.8 Å². The lowest BCUT2D eigenvalue weighted by atomic mass is 10.1. The van der Waals surface area contributed by atoms with Gasteiger partial charge in [0, 0.05) is 14.0 Å². The van der Waals surface area contributed by atoms with E-state index < -0.39 is 12.1 Å². The first kappa shape index (κ1) is 17.0. The van der Waals surface area contributed by atoms with Crippen molar-refractivity contribution in [1.29, 1.82) is 0 Å². The second kappa shape index (κ2) is 8.26. The van der Waals surface area contributed by atoms with Crippen molar-refractivity contribution in [2.24, 2.45) is 0 Å². The van der Waals surface area contributed by atoms with Gasteiger partial charge >= 0.3 is 11.9 Å². The van der Waals surface area contributed by atoms with Crippen molar-refractivity contribution in [3.8, 4) is 11.5 Å². The van der Waals surface area contributed by atoms with Crippen molar-refractivity contribution >= 4 is 11.9 Å². The maximum Gasteiger partial charge on any atom is 0.308 e. The van der Waals surface area contributed by atoms with E-state index in [0.29, 0.717) is 18.1 Å². The number of rotatable bonds is 7. The smallest absolute Gasteiger partial charge is 0.308 e. The van der Waals surface area contributed by atoms with E-state index in [1.807, 2.05) is 0 Å². The van der Waals surface area contributed by atoms with Gasteiger partial charge in [-0.2, -0.15) is 0 Å². The minimum atomic E-state index is -0.454. The molecule has 0 N–H and O–H groups in total. The molecule has 1 atom stereocenters. The van der Waals surface area contributed by atoms with Crippen molar-refractivity contribution in [2.75, 3.05) is 20.8 Å². The summed E-state index contributed by atoms with van der Waals surface area (Å²) in [5, 5.41) is 0. The van der Waals surface area contributed by atoms with Crippen LogP contribution in [0.1, 0.15) is 31.9 Å². The maximum absolute atomic E-state index is 11.5. The fourth-order valence-corrected chi connectivity index (χ4v) is 1.83. The molecule has 0 radical (unpaired) electrons. The van der Waals surface area contributed by atoms with Crippen LogP contribution < -0.4 is 9.47 Å². The number of esters is 2. The van der Waals surface area contributed by atoms with E-state index in [4.69, 9.17) is 18.9 Å². The Morgan fingerprint density at radius 2 is 1.90 bits per heavy atom. The Balaban J connectivity index is 2.95. The van der Waals surface area contributed by atoms with Crippen LogP contribution in [0.5, 0.6) is 11.5 Å². The minimum absolute atomic E-state index is 0.0976. The minimum Gasteiger partial charge on any atom is -0.493 e. The van der Waals surface area contributed by atoms with E-state index in [1.54, 1.807) is 25.1 Å². The molecule has 1 aromatic rings. The number of benzene rings is 1. The Kier molecular flexibility index (Phi) is 6.68. The predicted molar refractivity (Wildman–Crippen MR) is 75.3 cm³/mol. The van der Waals surface area contributed by atoms with Gasteiger partial charge in [-0.05, 0) is 24.6 Å². The number of hydrogen-bond acceptors (Lipinski definition) is 6. The molecule has 6 heteroatoms. The van der Waals surface area contributed by atoms with Crippen LogP contribution in [0, 0.1) is 0 Å². The number of hydrogen-bond donors (Lipinski definition) is 0. The maximum atomic E-state index is 11.5. The molecule has 0 amide bonds. The topological polar surface area (TPSA) is 71.1 Å². The second-order valence-electron chi connectivity index (χ2n) is 4.24. The number of carbonyl (C=O) groups excluding carboxylic acids is 2. The third kappa shape index (κ3) is 5.07. The fourth-order valence-electron chi connectivity index (χ4n) is 1.83. The van der Waals surface area contributed by atoms with Crippen LogP contribution in [0.25, 0.3) is 0 Å².